The monoisotopic (exact) mass is 382 g/mol. The molecule has 28 heavy (non-hydrogen) atoms. The highest BCUT2D eigenvalue weighted by Crippen LogP contribution is 2.53. The number of hydrogen-bond acceptors (Lipinski definition) is 6. The fourth-order valence-corrected chi connectivity index (χ4v) is 4.47. The number of hydrogen-bond donors (Lipinski definition) is 0. The van der Waals surface area contributed by atoms with Gasteiger partial charge in [-0.2, -0.15) is 0 Å². The molecule has 2 fully saturated rings. The van der Waals surface area contributed by atoms with Crippen LogP contribution < -0.4 is 4.74 Å². The van der Waals surface area contributed by atoms with E-state index in [2.05, 4.69) is 0 Å². The van der Waals surface area contributed by atoms with Crippen LogP contribution in [0.4, 0.5) is 0 Å². The number of carbonyl (C=O) groups is 2. The molecule has 146 valence electrons. The van der Waals surface area contributed by atoms with Crippen molar-refractivity contribution in [1.29, 1.82) is 0 Å². The van der Waals surface area contributed by atoms with E-state index in [0.29, 0.717) is 24.3 Å². The summed E-state index contributed by atoms with van der Waals surface area (Å²) in [6.45, 7) is 0.452. The SMILES string of the molecule is COC(=O)[C@]1(c2ccc(OC)cc2)C(=O)O[C@@H]2OCC[C@@H](c3ccccc3)[C@@H]21. The number of carbonyl (C=O) groups excluding carboxylic acids is 2. The number of methoxy groups -OCH3 is 2. The predicted molar refractivity (Wildman–Crippen MR) is 99.8 cm³/mol. The Morgan fingerprint density at radius 3 is 2.43 bits per heavy atom. The highest BCUT2D eigenvalue weighted by atomic mass is 16.7. The molecule has 0 aliphatic carbocycles. The summed E-state index contributed by atoms with van der Waals surface area (Å²) < 4.78 is 21.7. The van der Waals surface area contributed by atoms with Crippen LogP contribution in [0.25, 0.3) is 0 Å². The second-order valence-corrected chi connectivity index (χ2v) is 7.00. The Morgan fingerprint density at radius 2 is 1.79 bits per heavy atom. The molecule has 2 aliphatic heterocycles. The van der Waals surface area contributed by atoms with Crippen molar-refractivity contribution in [1.82, 2.24) is 0 Å². The molecular formula is C22H22O6. The lowest BCUT2D eigenvalue weighted by Crippen LogP contribution is -2.51. The molecule has 0 spiro atoms. The molecule has 6 heteroatoms. The molecule has 0 unspecified atom stereocenters. The molecule has 0 N–H and O–H groups in total. The molecule has 4 rings (SSSR count). The summed E-state index contributed by atoms with van der Waals surface area (Å²) in [4.78, 5) is 26.3. The minimum absolute atomic E-state index is 0.0902. The average Bonchev–Trinajstić information content (AvgIpc) is 3.06. The maximum Gasteiger partial charge on any atom is 0.330 e. The van der Waals surface area contributed by atoms with Gasteiger partial charge in [0.25, 0.3) is 0 Å². The standard InChI is InChI=1S/C22H22O6/c1-25-16-10-8-15(9-11-16)22(20(23)26-2)18-17(14-6-4-3-5-7-14)12-13-27-19(18)28-21(22)24/h3-11,17-19H,12-13H2,1-2H3/t17-,18-,19-,22+/m0/s1. The van der Waals surface area contributed by atoms with Crippen molar-refractivity contribution in [3.8, 4) is 5.75 Å². The number of benzene rings is 2. The Kier molecular flexibility index (Phi) is 4.81. The van der Waals surface area contributed by atoms with Crippen molar-refractivity contribution < 1.29 is 28.5 Å². The predicted octanol–water partition coefficient (Wildman–Crippen LogP) is 2.81. The molecular weight excluding hydrogens is 360 g/mol. The third-order valence-electron chi connectivity index (χ3n) is 5.76. The van der Waals surface area contributed by atoms with Crippen LogP contribution in [0, 0.1) is 5.92 Å². The molecule has 2 heterocycles. The summed E-state index contributed by atoms with van der Waals surface area (Å²) in [5, 5.41) is 0. The van der Waals surface area contributed by atoms with Crippen molar-refractivity contribution in [3.63, 3.8) is 0 Å². The van der Waals surface area contributed by atoms with Gasteiger partial charge in [-0.15, -0.1) is 0 Å². The maximum absolute atomic E-state index is 13.2. The molecule has 2 saturated heterocycles. The van der Waals surface area contributed by atoms with Crippen molar-refractivity contribution in [2.75, 3.05) is 20.8 Å². The lowest BCUT2D eigenvalue weighted by Gasteiger charge is -2.39. The van der Waals surface area contributed by atoms with Crippen LogP contribution in [0.15, 0.2) is 54.6 Å². The zero-order valence-electron chi connectivity index (χ0n) is 15.8. The van der Waals surface area contributed by atoms with E-state index in [1.807, 2.05) is 30.3 Å². The Hall–Kier alpha value is -2.86. The van der Waals surface area contributed by atoms with Crippen molar-refractivity contribution in [3.05, 3.63) is 65.7 Å². The van der Waals surface area contributed by atoms with Gasteiger partial charge in [0.1, 0.15) is 5.75 Å². The first-order valence-corrected chi connectivity index (χ1v) is 9.23. The van der Waals surface area contributed by atoms with Gasteiger partial charge in [-0.1, -0.05) is 42.5 Å². The topological polar surface area (TPSA) is 71.1 Å². The third kappa shape index (κ3) is 2.67. The van der Waals surface area contributed by atoms with Gasteiger partial charge in [0, 0.05) is 0 Å². The van der Waals surface area contributed by atoms with E-state index in [4.69, 9.17) is 18.9 Å². The first-order chi connectivity index (χ1) is 13.6. The minimum Gasteiger partial charge on any atom is -0.497 e. The van der Waals surface area contributed by atoms with Gasteiger partial charge < -0.3 is 18.9 Å². The van der Waals surface area contributed by atoms with Gasteiger partial charge in [-0.25, -0.2) is 0 Å². The first-order valence-electron chi connectivity index (χ1n) is 9.23. The molecule has 4 atom stereocenters. The van der Waals surface area contributed by atoms with Crippen LogP contribution >= 0.6 is 0 Å². The van der Waals surface area contributed by atoms with E-state index >= 15 is 0 Å². The molecule has 0 bridgehead atoms. The Bertz CT molecular complexity index is 862. The molecule has 0 saturated carbocycles. The van der Waals surface area contributed by atoms with Crippen LogP contribution in [0.5, 0.6) is 5.75 Å². The minimum atomic E-state index is -1.59. The average molecular weight is 382 g/mol. The van der Waals surface area contributed by atoms with Gasteiger partial charge in [0.05, 0.1) is 26.7 Å². The highest BCUT2D eigenvalue weighted by Gasteiger charge is 2.67. The van der Waals surface area contributed by atoms with E-state index in [9.17, 15) is 9.59 Å². The van der Waals surface area contributed by atoms with Crippen LogP contribution in [-0.4, -0.2) is 39.1 Å². The van der Waals surface area contributed by atoms with Crippen LogP contribution in [0.1, 0.15) is 23.5 Å². The van der Waals surface area contributed by atoms with Gasteiger partial charge >= 0.3 is 11.9 Å². The molecule has 6 nitrogen and oxygen atoms in total. The Labute approximate surface area is 163 Å². The lowest BCUT2D eigenvalue weighted by atomic mass is 9.63. The fraction of sp³-hybridized carbons (Fsp3) is 0.364. The number of rotatable bonds is 4. The van der Waals surface area contributed by atoms with Crippen molar-refractivity contribution >= 4 is 11.9 Å². The van der Waals surface area contributed by atoms with E-state index in [0.717, 1.165) is 5.56 Å². The first kappa shape index (κ1) is 18.5. The van der Waals surface area contributed by atoms with Crippen molar-refractivity contribution in [2.24, 2.45) is 5.92 Å². The zero-order chi connectivity index (χ0) is 19.7. The van der Waals surface area contributed by atoms with Crippen molar-refractivity contribution in [2.45, 2.75) is 24.0 Å². The number of esters is 2. The van der Waals surface area contributed by atoms with Gasteiger partial charge in [0.15, 0.2) is 5.41 Å². The largest absolute Gasteiger partial charge is 0.497 e. The van der Waals surface area contributed by atoms with E-state index in [1.165, 1.54) is 7.11 Å². The van der Waals surface area contributed by atoms with Gasteiger partial charge in [-0.3, -0.25) is 9.59 Å². The van der Waals surface area contributed by atoms with Crippen LogP contribution in [-0.2, 0) is 29.2 Å². The van der Waals surface area contributed by atoms with Gasteiger partial charge in [0.2, 0.25) is 6.29 Å². The zero-order valence-corrected chi connectivity index (χ0v) is 15.8. The molecule has 0 aromatic heterocycles. The Balaban J connectivity index is 1.89. The second kappa shape index (κ2) is 7.28. The van der Waals surface area contributed by atoms with Crippen LogP contribution in [0.3, 0.4) is 0 Å². The summed E-state index contributed by atoms with van der Waals surface area (Å²) in [6, 6.07) is 16.7. The molecule has 2 aromatic carbocycles. The van der Waals surface area contributed by atoms with Gasteiger partial charge in [-0.05, 0) is 35.6 Å². The van der Waals surface area contributed by atoms with E-state index in [1.54, 1.807) is 31.4 Å². The fourth-order valence-electron chi connectivity index (χ4n) is 4.47. The summed E-state index contributed by atoms with van der Waals surface area (Å²) in [7, 11) is 2.85. The quantitative estimate of drug-likeness (QED) is 0.598. The number of ether oxygens (including phenoxy) is 4. The van der Waals surface area contributed by atoms with Crippen LogP contribution in [0.2, 0.25) is 0 Å². The summed E-state index contributed by atoms with van der Waals surface area (Å²) in [5.41, 5.74) is -0.0305. The highest BCUT2D eigenvalue weighted by molar-refractivity contribution is 6.08. The Morgan fingerprint density at radius 1 is 1.07 bits per heavy atom. The summed E-state index contributed by atoms with van der Waals surface area (Å²) in [6.07, 6.45) is -0.121. The lowest BCUT2D eigenvalue weighted by molar-refractivity contribution is -0.176. The third-order valence-corrected chi connectivity index (χ3v) is 5.76. The van der Waals surface area contributed by atoms with E-state index in [-0.39, 0.29) is 5.92 Å². The normalized spacial score (nSPS) is 28.9. The number of fused-ring (bicyclic) bond motifs is 1. The molecule has 0 amide bonds. The molecule has 2 aromatic rings. The van der Waals surface area contributed by atoms with E-state index < -0.39 is 29.6 Å². The molecule has 0 radical (unpaired) electrons. The maximum atomic E-state index is 13.2. The second-order valence-electron chi connectivity index (χ2n) is 7.00. The smallest absolute Gasteiger partial charge is 0.330 e. The molecule has 2 aliphatic rings. The summed E-state index contributed by atoms with van der Waals surface area (Å²) >= 11 is 0. The summed E-state index contributed by atoms with van der Waals surface area (Å²) in [5.74, 6) is -1.26.